The number of hydrogen-bond acceptors (Lipinski definition) is 2. The molecule has 1 aliphatic rings. The van der Waals surface area contributed by atoms with E-state index in [9.17, 15) is 4.79 Å². The van der Waals surface area contributed by atoms with Gasteiger partial charge in [-0.1, -0.05) is 29.8 Å². The van der Waals surface area contributed by atoms with Gasteiger partial charge < -0.3 is 14.5 Å². The summed E-state index contributed by atoms with van der Waals surface area (Å²) in [5.74, 6) is -0.262. The molecule has 1 heterocycles. The fourth-order valence-corrected chi connectivity index (χ4v) is 1.66. The van der Waals surface area contributed by atoms with Crippen molar-refractivity contribution in [1.82, 2.24) is 0 Å². The number of hydrogen-bond donors (Lipinski definition) is 0. The van der Waals surface area contributed by atoms with Crippen molar-refractivity contribution in [1.29, 1.82) is 0 Å². The summed E-state index contributed by atoms with van der Waals surface area (Å²) in [6, 6.07) is 7.56. The lowest BCUT2D eigenvalue weighted by Gasteiger charge is -2.14. The standard InChI is InChI=1S/C11H9ClNO2/c12-9-4-2-1-3-8(9)5-6-10-11(14)13-7-15-10/h1-4,10H,5-6H2/q-1. The highest BCUT2D eigenvalue weighted by Crippen LogP contribution is 2.18. The number of halogens is 1. The van der Waals surface area contributed by atoms with Crippen LogP contribution in [0.5, 0.6) is 0 Å². The molecule has 0 fully saturated rings. The Morgan fingerprint density at radius 2 is 2.27 bits per heavy atom. The first-order valence-corrected chi connectivity index (χ1v) is 5.04. The number of benzene rings is 1. The molecule has 0 aromatic heterocycles. The van der Waals surface area contributed by atoms with Crippen molar-refractivity contribution in [3.05, 3.63) is 34.9 Å². The van der Waals surface area contributed by atoms with E-state index in [0.717, 1.165) is 5.56 Å². The van der Waals surface area contributed by atoms with Gasteiger partial charge in [0.15, 0.2) is 0 Å². The molecule has 1 amide bonds. The molecule has 2 rings (SSSR count). The monoisotopic (exact) mass is 222 g/mol. The van der Waals surface area contributed by atoms with Gasteiger partial charge in [-0.2, -0.15) is 0 Å². The van der Waals surface area contributed by atoms with Crippen molar-refractivity contribution in [2.45, 2.75) is 18.9 Å². The summed E-state index contributed by atoms with van der Waals surface area (Å²) in [5, 5.41) is 0.716. The lowest BCUT2D eigenvalue weighted by atomic mass is 10.1. The van der Waals surface area contributed by atoms with Gasteiger partial charge in [-0.25, -0.2) is 0 Å². The SMILES string of the molecule is O=C1N=[C-]OC1CCc1ccccc1Cl. The van der Waals surface area contributed by atoms with Crippen LogP contribution in [0.25, 0.3) is 0 Å². The quantitative estimate of drug-likeness (QED) is 0.735. The molecule has 15 heavy (non-hydrogen) atoms. The first-order valence-electron chi connectivity index (χ1n) is 4.66. The van der Waals surface area contributed by atoms with Crippen molar-refractivity contribution in [3.8, 4) is 0 Å². The van der Waals surface area contributed by atoms with E-state index < -0.39 is 6.10 Å². The summed E-state index contributed by atoms with van der Waals surface area (Å²) >= 11 is 5.98. The molecule has 4 heteroatoms. The number of nitrogens with zero attached hydrogens (tertiary/aromatic N) is 1. The Labute approximate surface area is 92.7 Å². The summed E-state index contributed by atoms with van der Waals surface area (Å²) in [5.41, 5.74) is 1.02. The molecule has 1 atom stereocenters. The molecule has 0 N–H and O–H groups in total. The Bertz CT molecular complexity index is 403. The molecular weight excluding hydrogens is 214 g/mol. The average molecular weight is 223 g/mol. The summed E-state index contributed by atoms with van der Waals surface area (Å²) in [7, 11) is 0. The van der Waals surface area contributed by atoms with Crippen LogP contribution in [-0.4, -0.2) is 18.4 Å². The van der Waals surface area contributed by atoms with Crippen molar-refractivity contribution in [3.63, 3.8) is 0 Å². The topological polar surface area (TPSA) is 38.7 Å². The van der Waals surface area contributed by atoms with Crippen molar-refractivity contribution < 1.29 is 9.53 Å². The van der Waals surface area contributed by atoms with Crippen LogP contribution >= 0.6 is 11.6 Å². The van der Waals surface area contributed by atoms with Crippen LogP contribution < -0.4 is 0 Å². The van der Waals surface area contributed by atoms with Gasteiger partial charge in [0.1, 0.15) is 5.91 Å². The smallest absolute Gasteiger partial charge is 0.127 e. The number of amides is 1. The molecule has 1 aromatic rings. The molecule has 0 saturated heterocycles. The maximum absolute atomic E-state index is 11.1. The molecule has 0 bridgehead atoms. The van der Waals surface area contributed by atoms with Gasteiger partial charge >= 0.3 is 0 Å². The molecule has 78 valence electrons. The second-order valence-electron chi connectivity index (χ2n) is 3.28. The van der Waals surface area contributed by atoms with E-state index in [-0.39, 0.29) is 5.91 Å². The minimum atomic E-state index is -0.485. The predicted molar refractivity (Wildman–Crippen MR) is 57.1 cm³/mol. The molecule has 1 aromatic carbocycles. The lowest BCUT2D eigenvalue weighted by molar-refractivity contribution is -0.122. The third-order valence-corrected chi connectivity index (χ3v) is 2.63. The molecule has 3 nitrogen and oxygen atoms in total. The lowest BCUT2D eigenvalue weighted by Crippen LogP contribution is -2.16. The third kappa shape index (κ3) is 2.36. The van der Waals surface area contributed by atoms with Crippen LogP contribution in [-0.2, 0) is 16.0 Å². The number of rotatable bonds is 3. The van der Waals surface area contributed by atoms with Crippen LogP contribution in [0.15, 0.2) is 29.3 Å². The summed E-state index contributed by atoms with van der Waals surface area (Å²) in [6.07, 6.45) is 3.01. The Morgan fingerprint density at radius 3 is 2.93 bits per heavy atom. The van der Waals surface area contributed by atoms with Gasteiger partial charge in [0, 0.05) is 11.4 Å². The highest BCUT2D eigenvalue weighted by atomic mass is 35.5. The van der Waals surface area contributed by atoms with E-state index in [0.29, 0.717) is 17.9 Å². The highest BCUT2D eigenvalue weighted by molar-refractivity contribution is 6.31. The summed E-state index contributed by atoms with van der Waals surface area (Å²) in [4.78, 5) is 14.5. The normalized spacial score (nSPS) is 19.3. The Hall–Kier alpha value is -1.35. The summed E-state index contributed by atoms with van der Waals surface area (Å²) in [6.45, 7) is 0. The highest BCUT2D eigenvalue weighted by Gasteiger charge is 2.13. The molecule has 1 unspecified atom stereocenters. The zero-order valence-corrected chi connectivity index (χ0v) is 8.70. The van der Waals surface area contributed by atoms with Gasteiger partial charge in [-0.3, -0.25) is 0 Å². The molecule has 0 spiro atoms. The Morgan fingerprint density at radius 1 is 1.47 bits per heavy atom. The zero-order chi connectivity index (χ0) is 10.7. The van der Waals surface area contributed by atoms with Gasteiger partial charge in [-0.05, 0) is 24.5 Å². The van der Waals surface area contributed by atoms with Crippen molar-refractivity contribution in [2.75, 3.05) is 0 Å². The predicted octanol–water partition coefficient (Wildman–Crippen LogP) is 2.10. The van der Waals surface area contributed by atoms with E-state index >= 15 is 0 Å². The fourth-order valence-electron chi connectivity index (χ4n) is 1.43. The van der Waals surface area contributed by atoms with E-state index in [2.05, 4.69) is 11.4 Å². The maximum Gasteiger partial charge on any atom is 0.127 e. The molecular formula is C11H9ClNO2-. The summed E-state index contributed by atoms with van der Waals surface area (Å²) < 4.78 is 4.92. The van der Waals surface area contributed by atoms with Gasteiger partial charge in [0.2, 0.25) is 0 Å². The first kappa shape index (κ1) is 10.2. The number of aliphatic imine (C=N–C) groups is 1. The van der Waals surface area contributed by atoms with Crippen LogP contribution in [0.3, 0.4) is 0 Å². The van der Waals surface area contributed by atoms with Crippen molar-refractivity contribution in [2.24, 2.45) is 4.99 Å². The first-order chi connectivity index (χ1) is 7.27. The van der Waals surface area contributed by atoms with Gasteiger partial charge in [0.05, 0.1) is 6.10 Å². The zero-order valence-electron chi connectivity index (χ0n) is 7.94. The molecule has 0 radical (unpaired) electrons. The molecule has 0 saturated carbocycles. The average Bonchev–Trinajstić information content (AvgIpc) is 2.63. The molecule has 0 aliphatic carbocycles. The number of carbonyl (C=O) groups excluding carboxylic acids is 1. The van der Waals surface area contributed by atoms with Crippen LogP contribution in [0.2, 0.25) is 5.02 Å². The van der Waals surface area contributed by atoms with Crippen LogP contribution in [0.1, 0.15) is 12.0 Å². The third-order valence-electron chi connectivity index (χ3n) is 2.26. The number of carbonyl (C=O) groups is 1. The number of ether oxygens (including phenoxy) is 1. The van der Waals surface area contributed by atoms with Crippen molar-refractivity contribution >= 4 is 23.9 Å². The minimum absolute atomic E-state index is 0.262. The Balaban J connectivity index is 1.94. The second kappa shape index (κ2) is 4.45. The Kier molecular flexibility index (Phi) is 3.02. The fraction of sp³-hybridized carbons (Fsp3) is 0.273. The largest absolute Gasteiger partial charge is 0.578 e. The van der Waals surface area contributed by atoms with Crippen LogP contribution in [0, 0.1) is 0 Å². The second-order valence-corrected chi connectivity index (χ2v) is 3.69. The van der Waals surface area contributed by atoms with Crippen LogP contribution in [0.4, 0.5) is 0 Å². The van der Waals surface area contributed by atoms with E-state index in [1.54, 1.807) is 0 Å². The van der Waals surface area contributed by atoms with Gasteiger partial charge in [0.25, 0.3) is 0 Å². The van der Waals surface area contributed by atoms with E-state index in [4.69, 9.17) is 16.3 Å². The molecule has 1 aliphatic heterocycles. The van der Waals surface area contributed by atoms with E-state index in [1.165, 1.54) is 0 Å². The minimum Gasteiger partial charge on any atom is -0.578 e. The van der Waals surface area contributed by atoms with E-state index in [1.807, 2.05) is 24.3 Å². The maximum atomic E-state index is 11.1. The number of aryl methyl sites for hydroxylation is 1. The van der Waals surface area contributed by atoms with Gasteiger partial charge in [-0.15, -0.1) is 0 Å².